The highest BCUT2D eigenvalue weighted by molar-refractivity contribution is 5.10. The minimum Gasteiger partial charge on any atom is -0.392 e. The molecule has 0 aliphatic heterocycles. The lowest BCUT2D eigenvalue weighted by molar-refractivity contribution is 0.222. The van der Waals surface area contributed by atoms with Crippen LogP contribution < -0.4 is 0 Å². The van der Waals surface area contributed by atoms with E-state index in [4.69, 9.17) is 5.11 Å². The first-order valence-electron chi connectivity index (χ1n) is 8.26. The highest BCUT2D eigenvalue weighted by atomic mass is 16.3. The molecule has 0 saturated carbocycles. The van der Waals surface area contributed by atoms with Gasteiger partial charge in [-0.25, -0.2) is 0 Å². The summed E-state index contributed by atoms with van der Waals surface area (Å²) in [5.74, 6) is 0. The third kappa shape index (κ3) is 12.6. The first kappa shape index (κ1) is 20.9. The normalized spacial score (nSPS) is 15.0. The summed E-state index contributed by atoms with van der Waals surface area (Å²) in [5.41, 5.74) is 5.02. The Morgan fingerprint density at radius 1 is 0.818 bits per heavy atom. The summed E-state index contributed by atoms with van der Waals surface area (Å²) in [6, 6.07) is 0. The summed E-state index contributed by atoms with van der Waals surface area (Å²) in [6.45, 7) is 10.5. The maximum absolute atomic E-state index is 10.1. The number of aliphatic hydroxyl groups excluding tert-OH is 2. The fourth-order valence-electron chi connectivity index (χ4n) is 2.28. The van der Waals surface area contributed by atoms with Crippen molar-refractivity contribution < 1.29 is 10.2 Å². The standard InChI is InChI=1S/C20H34O2/c1-16(2)8-6-10-18(4)14-20(22)15-19(5)11-7-9-17(3)12-13-21/h8,11-12,14,20-22H,6-7,9-10,13,15H2,1-5H3/b17-12?,18-14+,19-11?. The third-order valence-corrected chi connectivity index (χ3v) is 3.57. The van der Waals surface area contributed by atoms with Crippen molar-refractivity contribution in [3.8, 4) is 0 Å². The van der Waals surface area contributed by atoms with Crippen molar-refractivity contribution in [1.82, 2.24) is 0 Å². The molecule has 0 aromatic carbocycles. The Morgan fingerprint density at radius 2 is 1.41 bits per heavy atom. The summed E-state index contributed by atoms with van der Waals surface area (Å²) in [7, 11) is 0. The van der Waals surface area contributed by atoms with Crippen molar-refractivity contribution in [2.24, 2.45) is 0 Å². The summed E-state index contributed by atoms with van der Waals surface area (Å²) in [4.78, 5) is 0. The van der Waals surface area contributed by atoms with Crippen molar-refractivity contribution in [1.29, 1.82) is 0 Å². The number of allylic oxidation sites excluding steroid dienone is 5. The van der Waals surface area contributed by atoms with Gasteiger partial charge in [0.15, 0.2) is 0 Å². The van der Waals surface area contributed by atoms with Crippen LogP contribution in [0, 0.1) is 0 Å². The lowest BCUT2D eigenvalue weighted by Crippen LogP contribution is -2.03. The summed E-state index contributed by atoms with van der Waals surface area (Å²) in [6.07, 6.45) is 12.5. The van der Waals surface area contributed by atoms with Crippen molar-refractivity contribution in [3.63, 3.8) is 0 Å². The summed E-state index contributed by atoms with van der Waals surface area (Å²) >= 11 is 0. The first-order chi connectivity index (χ1) is 10.3. The van der Waals surface area contributed by atoms with E-state index in [1.807, 2.05) is 19.1 Å². The SMILES string of the molecule is CC(C)=CCC/C(C)=C/C(O)CC(C)=CCCC(C)=CCO. The molecule has 0 spiro atoms. The van der Waals surface area contributed by atoms with Crippen molar-refractivity contribution in [3.05, 3.63) is 46.6 Å². The maximum Gasteiger partial charge on any atom is 0.0760 e. The van der Waals surface area contributed by atoms with Gasteiger partial charge < -0.3 is 10.2 Å². The highest BCUT2D eigenvalue weighted by Crippen LogP contribution is 2.14. The average Bonchev–Trinajstić information content (AvgIpc) is 2.37. The number of hydrogen-bond donors (Lipinski definition) is 2. The molecule has 22 heavy (non-hydrogen) atoms. The van der Waals surface area contributed by atoms with Crippen LogP contribution in [-0.2, 0) is 0 Å². The molecular weight excluding hydrogens is 272 g/mol. The Balaban J connectivity index is 4.20. The van der Waals surface area contributed by atoms with Gasteiger partial charge in [0.25, 0.3) is 0 Å². The number of rotatable bonds is 10. The molecule has 1 atom stereocenters. The van der Waals surface area contributed by atoms with E-state index in [9.17, 15) is 5.11 Å². The van der Waals surface area contributed by atoms with Gasteiger partial charge in [-0.2, -0.15) is 0 Å². The van der Waals surface area contributed by atoms with Crippen molar-refractivity contribution in [2.75, 3.05) is 6.61 Å². The number of aliphatic hydroxyl groups is 2. The minimum absolute atomic E-state index is 0.115. The second-order valence-corrected chi connectivity index (χ2v) is 6.43. The smallest absolute Gasteiger partial charge is 0.0760 e. The van der Waals surface area contributed by atoms with Gasteiger partial charge in [0.05, 0.1) is 12.7 Å². The average molecular weight is 306 g/mol. The molecule has 0 fully saturated rings. The highest BCUT2D eigenvalue weighted by Gasteiger charge is 2.02. The van der Waals surface area contributed by atoms with E-state index >= 15 is 0 Å². The molecule has 1 unspecified atom stereocenters. The first-order valence-corrected chi connectivity index (χ1v) is 8.26. The Bertz CT molecular complexity index is 421. The van der Waals surface area contributed by atoms with Crippen LogP contribution >= 0.6 is 0 Å². The summed E-state index contributed by atoms with van der Waals surface area (Å²) < 4.78 is 0. The largest absolute Gasteiger partial charge is 0.392 e. The zero-order valence-corrected chi connectivity index (χ0v) is 15.0. The Morgan fingerprint density at radius 3 is 2.00 bits per heavy atom. The third-order valence-electron chi connectivity index (χ3n) is 3.57. The van der Waals surface area contributed by atoms with E-state index in [0.29, 0.717) is 6.42 Å². The molecule has 0 amide bonds. The van der Waals surface area contributed by atoms with Gasteiger partial charge >= 0.3 is 0 Å². The monoisotopic (exact) mass is 306 g/mol. The molecule has 0 aliphatic carbocycles. The molecule has 126 valence electrons. The fourth-order valence-corrected chi connectivity index (χ4v) is 2.28. The Hall–Kier alpha value is -1.12. The van der Waals surface area contributed by atoms with Crippen LogP contribution in [0.3, 0.4) is 0 Å². The quantitative estimate of drug-likeness (QED) is 0.552. The maximum atomic E-state index is 10.1. The van der Waals surface area contributed by atoms with Crippen LogP contribution in [0.5, 0.6) is 0 Å². The zero-order valence-electron chi connectivity index (χ0n) is 15.0. The fraction of sp³-hybridized carbons (Fsp3) is 0.600. The van der Waals surface area contributed by atoms with Gasteiger partial charge in [0.2, 0.25) is 0 Å². The minimum atomic E-state index is -0.392. The second-order valence-electron chi connectivity index (χ2n) is 6.43. The molecule has 2 heteroatoms. The molecule has 0 radical (unpaired) electrons. The van der Waals surface area contributed by atoms with Crippen LogP contribution in [0.4, 0.5) is 0 Å². The molecule has 0 rings (SSSR count). The molecule has 0 aromatic rings. The van der Waals surface area contributed by atoms with Crippen LogP contribution in [-0.4, -0.2) is 22.9 Å². The molecule has 0 bridgehead atoms. The molecular formula is C20H34O2. The van der Waals surface area contributed by atoms with E-state index < -0.39 is 6.10 Å². The molecule has 2 N–H and O–H groups in total. The van der Waals surface area contributed by atoms with E-state index in [2.05, 4.69) is 39.8 Å². The van der Waals surface area contributed by atoms with E-state index in [0.717, 1.165) is 25.7 Å². The molecule has 0 heterocycles. The predicted octanol–water partition coefficient (Wildman–Crippen LogP) is 5.10. The van der Waals surface area contributed by atoms with Gasteiger partial charge in [-0.3, -0.25) is 0 Å². The molecule has 0 aliphatic rings. The topological polar surface area (TPSA) is 40.5 Å². The van der Waals surface area contributed by atoms with Gasteiger partial charge in [-0.15, -0.1) is 0 Å². The van der Waals surface area contributed by atoms with Gasteiger partial charge in [0, 0.05) is 0 Å². The summed E-state index contributed by atoms with van der Waals surface area (Å²) in [5, 5.41) is 18.9. The van der Waals surface area contributed by atoms with Gasteiger partial charge in [-0.05, 0) is 66.7 Å². The second kappa shape index (κ2) is 12.4. The lowest BCUT2D eigenvalue weighted by atomic mass is 10.0. The molecule has 2 nitrogen and oxygen atoms in total. The van der Waals surface area contributed by atoms with E-state index in [-0.39, 0.29) is 6.61 Å². The molecule has 0 saturated heterocycles. The van der Waals surface area contributed by atoms with E-state index in [1.165, 1.54) is 22.3 Å². The van der Waals surface area contributed by atoms with Crippen molar-refractivity contribution >= 4 is 0 Å². The van der Waals surface area contributed by atoms with Crippen LogP contribution in [0.2, 0.25) is 0 Å². The lowest BCUT2D eigenvalue weighted by Gasteiger charge is -2.08. The van der Waals surface area contributed by atoms with Crippen LogP contribution in [0.15, 0.2) is 46.6 Å². The molecule has 0 aromatic heterocycles. The van der Waals surface area contributed by atoms with E-state index in [1.54, 1.807) is 0 Å². The zero-order chi connectivity index (χ0) is 17.0. The van der Waals surface area contributed by atoms with Gasteiger partial charge in [-0.1, -0.05) is 46.6 Å². The number of hydrogen-bond acceptors (Lipinski definition) is 2. The Kier molecular flexibility index (Phi) is 11.8. The van der Waals surface area contributed by atoms with Crippen LogP contribution in [0.1, 0.15) is 66.7 Å². The Labute approximate surface area is 137 Å². The van der Waals surface area contributed by atoms with Crippen LogP contribution in [0.25, 0.3) is 0 Å². The van der Waals surface area contributed by atoms with Crippen molar-refractivity contribution in [2.45, 2.75) is 72.8 Å². The predicted molar refractivity (Wildman–Crippen MR) is 96.9 cm³/mol. The van der Waals surface area contributed by atoms with Gasteiger partial charge in [0.1, 0.15) is 0 Å².